The van der Waals surface area contributed by atoms with Crippen LogP contribution in [-0.4, -0.2) is 30.0 Å². The van der Waals surface area contributed by atoms with Crippen molar-refractivity contribution < 1.29 is 23.5 Å². The Labute approximate surface area is 206 Å². The van der Waals surface area contributed by atoms with Crippen LogP contribution in [0.1, 0.15) is 50.6 Å². The minimum atomic E-state index is -0.598. The number of hydrazone groups is 1. The maximum Gasteiger partial charge on any atom is 0.305 e. The predicted octanol–water partition coefficient (Wildman–Crippen LogP) is 3.55. The number of benzene rings is 2. The number of aryl methyl sites for hydroxylation is 1. The van der Waals surface area contributed by atoms with Crippen LogP contribution in [0.15, 0.2) is 64.1 Å². The van der Waals surface area contributed by atoms with Crippen LogP contribution in [0.2, 0.25) is 5.02 Å². The van der Waals surface area contributed by atoms with Crippen LogP contribution in [0, 0.1) is 6.92 Å². The van der Waals surface area contributed by atoms with Crippen LogP contribution in [0.25, 0.3) is 0 Å². The summed E-state index contributed by atoms with van der Waals surface area (Å²) in [6, 6.07) is 15.2. The van der Waals surface area contributed by atoms with Crippen molar-refractivity contribution in [3.8, 4) is 5.75 Å². The summed E-state index contributed by atoms with van der Waals surface area (Å²) in [5, 5.41) is 4.76. The summed E-state index contributed by atoms with van der Waals surface area (Å²) in [5.74, 6) is -0.237. The lowest BCUT2D eigenvalue weighted by molar-refractivity contribution is -0.123. The zero-order valence-electron chi connectivity index (χ0n) is 18.9. The molecule has 0 fully saturated rings. The second-order valence-corrected chi connectivity index (χ2v) is 8.25. The van der Waals surface area contributed by atoms with Gasteiger partial charge in [0.1, 0.15) is 11.5 Å². The normalized spacial score (nSPS) is 13.6. The smallest absolute Gasteiger partial charge is 0.305 e. The first-order valence-electron chi connectivity index (χ1n) is 10.9. The van der Waals surface area contributed by atoms with Gasteiger partial charge >= 0.3 is 5.91 Å². The van der Waals surface area contributed by atoms with Crippen molar-refractivity contribution in [2.75, 3.05) is 6.61 Å². The van der Waals surface area contributed by atoms with Gasteiger partial charge < -0.3 is 9.15 Å². The molecule has 0 unspecified atom stereocenters. The molecule has 0 radical (unpaired) electrons. The first-order chi connectivity index (χ1) is 16.9. The number of amides is 3. The molecule has 3 N–H and O–H groups in total. The van der Waals surface area contributed by atoms with Crippen LogP contribution in [0.4, 0.5) is 0 Å². The van der Waals surface area contributed by atoms with Crippen molar-refractivity contribution in [3.05, 3.63) is 87.8 Å². The van der Waals surface area contributed by atoms with E-state index in [1.54, 1.807) is 43.3 Å². The van der Waals surface area contributed by atoms with E-state index in [1.807, 2.05) is 18.2 Å². The molecule has 1 aliphatic carbocycles. The molecule has 0 aliphatic heterocycles. The number of hydrogen-bond acceptors (Lipinski definition) is 6. The Morgan fingerprint density at radius 3 is 2.46 bits per heavy atom. The number of nitrogens with zero attached hydrogens (tertiary/aromatic N) is 1. The van der Waals surface area contributed by atoms with Gasteiger partial charge in [-0.15, -0.1) is 0 Å². The highest BCUT2D eigenvalue weighted by atomic mass is 35.5. The summed E-state index contributed by atoms with van der Waals surface area (Å²) in [7, 11) is 0. The predicted molar refractivity (Wildman–Crippen MR) is 129 cm³/mol. The second kappa shape index (κ2) is 10.9. The fourth-order valence-corrected chi connectivity index (χ4v) is 3.79. The highest BCUT2D eigenvalue weighted by molar-refractivity contribution is 6.30. The molecule has 0 atom stereocenters. The molecule has 10 heteroatoms. The second-order valence-electron chi connectivity index (χ2n) is 7.82. The van der Waals surface area contributed by atoms with Crippen LogP contribution < -0.4 is 21.0 Å². The van der Waals surface area contributed by atoms with Crippen molar-refractivity contribution in [3.63, 3.8) is 0 Å². The van der Waals surface area contributed by atoms with Gasteiger partial charge in [0.25, 0.3) is 11.8 Å². The number of carbonyl (C=O) groups excluding carboxylic acids is 3. The standard InChI is InChI=1S/C25H23ClN4O5/c1-15-22-19(27-28-21(31)14-34-18-6-3-2-4-7-18)8-5-9-20(22)35-23(15)25(33)30-29-24(32)16-10-12-17(26)13-11-16/h2-4,6-7,10-13H,5,8-9,14H2,1H3,(H,28,31)(H,29,32)(H,30,33)/b27-19+. The van der Waals surface area contributed by atoms with E-state index in [4.69, 9.17) is 20.8 Å². The molecular formula is C25H23ClN4O5. The topological polar surface area (TPSA) is 122 Å². The number of halogens is 1. The monoisotopic (exact) mass is 494 g/mol. The zero-order valence-corrected chi connectivity index (χ0v) is 19.6. The third-order valence-corrected chi connectivity index (χ3v) is 5.61. The van der Waals surface area contributed by atoms with E-state index in [9.17, 15) is 14.4 Å². The molecule has 1 aliphatic rings. The average Bonchev–Trinajstić information content (AvgIpc) is 3.22. The molecule has 1 heterocycles. The number of furan rings is 1. The number of hydrazine groups is 1. The number of hydrogen-bond donors (Lipinski definition) is 3. The zero-order chi connectivity index (χ0) is 24.8. The summed E-state index contributed by atoms with van der Waals surface area (Å²) in [4.78, 5) is 37.1. The van der Waals surface area contributed by atoms with Crippen LogP contribution in [0.5, 0.6) is 5.75 Å². The Balaban J connectivity index is 1.40. The summed E-state index contributed by atoms with van der Waals surface area (Å²) < 4.78 is 11.2. The minimum Gasteiger partial charge on any atom is -0.484 e. The average molecular weight is 495 g/mol. The summed E-state index contributed by atoms with van der Waals surface area (Å²) in [5.41, 5.74) is 9.45. The third-order valence-electron chi connectivity index (χ3n) is 5.36. The van der Waals surface area contributed by atoms with E-state index in [-0.39, 0.29) is 12.4 Å². The Kier molecular flexibility index (Phi) is 7.47. The number of carbonyl (C=O) groups is 3. The van der Waals surface area contributed by atoms with Crippen LogP contribution >= 0.6 is 11.6 Å². The number of ether oxygens (including phenoxy) is 1. The van der Waals surface area contributed by atoms with Gasteiger partial charge in [-0.25, -0.2) is 5.43 Å². The fourth-order valence-electron chi connectivity index (χ4n) is 3.67. The van der Waals surface area contributed by atoms with Crippen LogP contribution in [0.3, 0.4) is 0 Å². The Morgan fingerprint density at radius 2 is 1.71 bits per heavy atom. The molecule has 3 aromatic rings. The van der Waals surface area contributed by atoms with Crippen molar-refractivity contribution in [2.45, 2.75) is 26.2 Å². The first kappa shape index (κ1) is 24.0. The van der Waals surface area contributed by atoms with E-state index in [0.29, 0.717) is 51.8 Å². The lowest BCUT2D eigenvalue weighted by Crippen LogP contribution is -2.41. The Hall–Kier alpha value is -4.11. The van der Waals surface area contributed by atoms with E-state index in [2.05, 4.69) is 21.4 Å². The molecular weight excluding hydrogens is 472 g/mol. The highest BCUT2D eigenvalue weighted by Crippen LogP contribution is 2.29. The SMILES string of the molecule is Cc1c(C(=O)NNC(=O)c2ccc(Cl)cc2)oc2c1/C(=N/NC(=O)COc1ccccc1)CCC2. The Bertz CT molecular complexity index is 1270. The van der Waals surface area contributed by atoms with Crippen molar-refractivity contribution in [1.29, 1.82) is 0 Å². The van der Waals surface area contributed by atoms with E-state index in [1.165, 1.54) is 0 Å². The summed E-state index contributed by atoms with van der Waals surface area (Å²) >= 11 is 5.83. The van der Waals surface area contributed by atoms with Gasteiger partial charge in [0.2, 0.25) is 0 Å². The molecule has 180 valence electrons. The summed E-state index contributed by atoms with van der Waals surface area (Å²) in [6.45, 7) is 1.55. The van der Waals surface area contributed by atoms with Gasteiger partial charge in [-0.05, 0) is 56.2 Å². The van der Waals surface area contributed by atoms with Crippen molar-refractivity contribution >= 4 is 35.0 Å². The number of nitrogens with one attached hydrogen (secondary N) is 3. The molecule has 2 aromatic carbocycles. The van der Waals surface area contributed by atoms with E-state index < -0.39 is 17.7 Å². The first-order valence-corrected chi connectivity index (χ1v) is 11.3. The van der Waals surface area contributed by atoms with Gasteiger partial charge in [-0.1, -0.05) is 29.8 Å². The Morgan fingerprint density at radius 1 is 1.00 bits per heavy atom. The molecule has 3 amide bonds. The van der Waals surface area contributed by atoms with Gasteiger partial charge in [0.15, 0.2) is 12.4 Å². The van der Waals surface area contributed by atoms with Crippen molar-refractivity contribution in [2.24, 2.45) is 5.10 Å². The highest BCUT2D eigenvalue weighted by Gasteiger charge is 2.28. The molecule has 0 saturated carbocycles. The largest absolute Gasteiger partial charge is 0.484 e. The van der Waals surface area contributed by atoms with E-state index >= 15 is 0 Å². The summed E-state index contributed by atoms with van der Waals surface area (Å²) in [6.07, 6.45) is 2.00. The quantitative estimate of drug-likeness (QED) is 0.452. The number of para-hydroxylation sites is 1. The minimum absolute atomic E-state index is 0.0692. The molecule has 0 bridgehead atoms. The van der Waals surface area contributed by atoms with Gasteiger partial charge in [0, 0.05) is 28.1 Å². The maximum atomic E-state index is 12.7. The number of rotatable bonds is 6. The van der Waals surface area contributed by atoms with Gasteiger partial charge in [-0.3, -0.25) is 25.2 Å². The number of fused-ring (bicyclic) bond motifs is 1. The van der Waals surface area contributed by atoms with Crippen LogP contribution in [-0.2, 0) is 11.2 Å². The maximum absolute atomic E-state index is 12.7. The van der Waals surface area contributed by atoms with Crippen molar-refractivity contribution in [1.82, 2.24) is 16.3 Å². The third kappa shape index (κ3) is 5.88. The lowest BCUT2D eigenvalue weighted by Gasteiger charge is -2.13. The van der Waals surface area contributed by atoms with Gasteiger partial charge in [0.05, 0.1) is 5.71 Å². The lowest BCUT2D eigenvalue weighted by atomic mass is 9.93. The molecule has 35 heavy (non-hydrogen) atoms. The molecule has 0 saturated heterocycles. The molecule has 0 spiro atoms. The fraction of sp³-hybridized carbons (Fsp3) is 0.200. The molecule has 9 nitrogen and oxygen atoms in total. The molecule has 4 rings (SSSR count). The van der Waals surface area contributed by atoms with E-state index in [0.717, 1.165) is 6.42 Å². The van der Waals surface area contributed by atoms with Gasteiger partial charge in [-0.2, -0.15) is 5.10 Å². The molecule has 1 aromatic heterocycles.